The van der Waals surface area contributed by atoms with Gasteiger partial charge in [0.25, 0.3) is 0 Å². The molecule has 2 heterocycles. The van der Waals surface area contributed by atoms with E-state index in [1.165, 1.54) is 12.8 Å². The number of hydrazine groups is 1. The van der Waals surface area contributed by atoms with Gasteiger partial charge in [-0.1, -0.05) is 6.92 Å². The number of anilines is 2. The van der Waals surface area contributed by atoms with Gasteiger partial charge >= 0.3 is 0 Å². The monoisotopic (exact) mass is 246 g/mol. The number of nitrogen functional groups attached to an aromatic ring is 1. The largest absolute Gasteiger partial charge is 0.367 e. The minimum absolute atomic E-state index is 0.627. The topological polar surface area (TPSA) is 80.3 Å². The molecule has 3 rings (SSSR count). The van der Waals surface area contributed by atoms with Gasteiger partial charge in [-0.15, -0.1) is 0 Å². The molecule has 1 saturated carbocycles. The van der Waals surface area contributed by atoms with Gasteiger partial charge in [-0.25, -0.2) is 15.8 Å². The van der Waals surface area contributed by atoms with Crippen LogP contribution in [0.15, 0.2) is 18.6 Å². The predicted molar refractivity (Wildman–Crippen MR) is 71.2 cm³/mol. The van der Waals surface area contributed by atoms with E-state index in [-0.39, 0.29) is 0 Å². The van der Waals surface area contributed by atoms with Gasteiger partial charge in [-0.2, -0.15) is 0 Å². The molecule has 0 spiro atoms. The summed E-state index contributed by atoms with van der Waals surface area (Å²) in [4.78, 5) is 8.71. The lowest BCUT2D eigenvalue weighted by Crippen LogP contribution is -2.16. The first-order valence-corrected chi connectivity index (χ1v) is 6.32. The number of rotatable bonds is 5. The van der Waals surface area contributed by atoms with E-state index in [9.17, 15) is 0 Å². The summed E-state index contributed by atoms with van der Waals surface area (Å²) in [5.41, 5.74) is 3.40. The second-order valence-corrected chi connectivity index (χ2v) is 4.97. The summed E-state index contributed by atoms with van der Waals surface area (Å²) in [5.74, 6) is 8.38. The van der Waals surface area contributed by atoms with Gasteiger partial charge in [0.2, 0.25) is 0 Å². The third-order valence-electron chi connectivity index (χ3n) is 3.54. The second-order valence-electron chi connectivity index (χ2n) is 4.97. The Hall–Kier alpha value is -1.82. The first kappa shape index (κ1) is 11.3. The molecule has 1 fully saturated rings. The number of nitrogens with two attached hydrogens (primary N) is 1. The summed E-state index contributed by atoms with van der Waals surface area (Å²) in [6, 6.07) is 0. The molecule has 96 valence electrons. The first-order valence-electron chi connectivity index (χ1n) is 6.32. The minimum Gasteiger partial charge on any atom is -0.367 e. The van der Waals surface area contributed by atoms with Crippen LogP contribution in [-0.2, 0) is 0 Å². The first-order chi connectivity index (χ1) is 8.78. The molecule has 1 unspecified atom stereocenters. The number of aromatic nitrogens is 3. The van der Waals surface area contributed by atoms with Gasteiger partial charge < -0.3 is 15.1 Å². The van der Waals surface area contributed by atoms with Crippen LogP contribution in [0.4, 0.5) is 11.6 Å². The van der Waals surface area contributed by atoms with Gasteiger partial charge in [0.1, 0.15) is 0 Å². The van der Waals surface area contributed by atoms with Crippen LogP contribution in [0.25, 0.3) is 5.65 Å². The molecule has 18 heavy (non-hydrogen) atoms. The smallest absolute Gasteiger partial charge is 0.180 e. The van der Waals surface area contributed by atoms with Gasteiger partial charge in [-0.3, -0.25) is 0 Å². The van der Waals surface area contributed by atoms with E-state index in [4.69, 9.17) is 5.84 Å². The fraction of sp³-hybridized carbons (Fsp3) is 0.500. The maximum absolute atomic E-state index is 5.42. The van der Waals surface area contributed by atoms with Crippen molar-refractivity contribution in [2.45, 2.75) is 19.8 Å². The van der Waals surface area contributed by atoms with Gasteiger partial charge in [0.15, 0.2) is 17.3 Å². The number of imidazole rings is 1. The minimum atomic E-state index is 0.627. The zero-order valence-corrected chi connectivity index (χ0v) is 10.4. The molecule has 0 aliphatic heterocycles. The average Bonchev–Trinajstić information content (AvgIpc) is 3.13. The molecule has 0 saturated heterocycles. The van der Waals surface area contributed by atoms with Crippen LogP contribution in [-0.4, -0.2) is 20.9 Å². The van der Waals surface area contributed by atoms with Crippen molar-refractivity contribution in [3.63, 3.8) is 0 Å². The quantitative estimate of drug-likeness (QED) is 0.550. The van der Waals surface area contributed by atoms with E-state index in [1.807, 2.05) is 16.8 Å². The Balaban J connectivity index is 1.82. The van der Waals surface area contributed by atoms with Crippen molar-refractivity contribution in [2.75, 3.05) is 17.3 Å². The zero-order valence-electron chi connectivity index (χ0n) is 10.4. The molecular weight excluding hydrogens is 228 g/mol. The van der Waals surface area contributed by atoms with Gasteiger partial charge in [0, 0.05) is 18.9 Å². The van der Waals surface area contributed by atoms with Crippen LogP contribution in [0.3, 0.4) is 0 Å². The Labute approximate surface area is 106 Å². The fourth-order valence-corrected chi connectivity index (χ4v) is 2.21. The maximum Gasteiger partial charge on any atom is 0.180 e. The number of fused-ring (bicyclic) bond motifs is 1. The number of hydrogen-bond acceptors (Lipinski definition) is 5. The second kappa shape index (κ2) is 4.45. The van der Waals surface area contributed by atoms with Crippen molar-refractivity contribution in [1.29, 1.82) is 0 Å². The fourth-order valence-electron chi connectivity index (χ4n) is 2.21. The summed E-state index contributed by atoms with van der Waals surface area (Å²) in [6.45, 7) is 3.20. The molecule has 4 N–H and O–H groups in total. The lowest BCUT2D eigenvalue weighted by atomic mass is 10.1. The molecule has 2 aromatic rings. The Morgan fingerprint density at radius 2 is 2.39 bits per heavy atom. The third kappa shape index (κ3) is 2.11. The van der Waals surface area contributed by atoms with E-state index in [0.29, 0.717) is 11.7 Å². The van der Waals surface area contributed by atoms with E-state index in [1.54, 1.807) is 6.20 Å². The normalized spacial score (nSPS) is 16.8. The van der Waals surface area contributed by atoms with E-state index in [2.05, 4.69) is 27.6 Å². The van der Waals surface area contributed by atoms with Crippen LogP contribution >= 0.6 is 0 Å². The zero-order chi connectivity index (χ0) is 12.5. The molecule has 0 bridgehead atoms. The van der Waals surface area contributed by atoms with Gasteiger partial charge in [-0.05, 0) is 24.7 Å². The summed E-state index contributed by atoms with van der Waals surface area (Å²) in [7, 11) is 0. The van der Waals surface area contributed by atoms with Crippen molar-refractivity contribution >= 4 is 17.3 Å². The number of nitrogens with one attached hydrogen (secondary N) is 2. The summed E-state index contributed by atoms with van der Waals surface area (Å²) < 4.78 is 1.91. The molecule has 1 aliphatic rings. The third-order valence-corrected chi connectivity index (χ3v) is 3.54. The van der Waals surface area contributed by atoms with E-state index in [0.717, 1.165) is 23.9 Å². The summed E-state index contributed by atoms with van der Waals surface area (Å²) in [5, 5.41) is 3.38. The Morgan fingerprint density at radius 3 is 3.11 bits per heavy atom. The lowest BCUT2D eigenvalue weighted by molar-refractivity contribution is 0.536. The summed E-state index contributed by atoms with van der Waals surface area (Å²) >= 11 is 0. The maximum atomic E-state index is 5.42. The van der Waals surface area contributed by atoms with E-state index < -0.39 is 0 Å². The molecule has 0 aromatic carbocycles. The predicted octanol–water partition coefficient (Wildman–Crippen LogP) is 1.47. The molecular formula is C12H18N6. The molecule has 0 radical (unpaired) electrons. The number of hydrogen-bond donors (Lipinski definition) is 3. The van der Waals surface area contributed by atoms with Crippen LogP contribution in [0.5, 0.6) is 0 Å². The average molecular weight is 246 g/mol. The Bertz CT molecular complexity index is 544. The van der Waals surface area contributed by atoms with Crippen molar-refractivity contribution in [2.24, 2.45) is 17.7 Å². The molecule has 6 heteroatoms. The Kier molecular flexibility index (Phi) is 2.79. The molecule has 6 nitrogen and oxygen atoms in total. The van der Waals surface area contributed by atoms with Crippen molar-refractivity contribution < 1.29 is 0 Å². The van der Waals surface area contributed by atoms with Crippen LogP contribution in [0, 0.1) is 11.8 Å². The highest BCUT2D eigenvalue weighted by Gasteiger charge is 2.27. The SMILES string of the molecule is CC(CNc1nc(NN)cn2ccnc12)C1CC1. The molecule has 1 atom stereocenters. The molecule has 2 aromatic heterocycles. The van der Waals surface area contributed by atoms with Crippen molar-refractivity contribution in [3.05, 3.63) is 18.6 Å². The highest BCUT2D eigenvalue weighted by Crippen LogP contribution is 2.36. The van der Waals surface area contributed by atoms with E-state index >= 15 is 0 Å². The molecule has 0 amide bonds. The van der Waals surface area contributed by atoms with Crippen molar-refractivity contribution in [3.8, 4) is 0 Å². The Morgan fingerprint density at radius 1 is 1.56 bits per heavy atom. The van der Waals surface area contributed by atoms with Crippen molar-refractivity contribution in [1.82, 2.24) is 14.4 Å². The van der Waals surface area contributed by atoms with Gasteiger partial charge in [0.05, 0.1) is 6.20 Å². The van der Waals surface area contributed by atoms with Crippen LogP contribution in [0.2, 0.25) is 0 Å². The van der Waals surface area contributed by atoms with Crippen LogP contribution in [0.1, 0.15) is 19.8 Å². The standard InChI is InChI=1S/C12H18N6/c1-8(9-2-3-9)6-15-11-12-14-4-5-18(12)7-10(16-11)17-13/h4-5,7-9,17H,2-3,6,13H2,1H3,(H,15,16). The van der Waals surface area contributed by atoms with Crippen LogP contribution < -0.4 is 16.6 Å². The summed E-state index contributed by atoms with van der Waals surface area (Å²) in [6.07, 6.45) is 8.18. The lowest BCUT2D eigenvalue weighted by Gasteiger charge is -2.13. The highest BCUT2D eigenvalue weighted by molar-refractivity contribution is 5.65. The number of nitrogens with zero attached hydrogens (tertiary/aromatic N) is 3. The highest BCUT2D eigenvalue weighted by atomic mass is 15.3. The molecule has 1 aliphatic carbocycles.